The van der Waals surface area contributed by atoms with Crippen LogP contribution in [0.25, 0.3) is 6.08 Å². The minimum atomic E-state index is -2.49. The van der Waals surface area contributed by atoms with E-state index in [0.717, 1.165) is 25.7 Å². The molecule has 0 radical (unpaired) electrons. The molecule has 1 aromatic carbocycles. The van der Waals surface area contributed by atoms with Crippen LogP contribution in [0.15, 0.2) is 36.4 Å². The minimum absolute atomic E-state index is 0.714. The summed E-state index contributed by atoms with van der Waals surface area (Å²) in [5.74, 6) is 0. The van der Waals surface area contributed by atoms with Crippen molar-refractivity contribution in [1.82, 2.24) is 4.90 Å². The van der Waals surface area contributed by atoms with Crippen LogP contribution in [0.4, 0.5) is 0 Å². The lowest BCUT2D eigenvalue weighted by atomic mass is 10.2. The second kappa shape index (κ2) is 6.65. The molecule has 0 unspecified atom stereocenters. The van der Waals surface area contributed by atoms with Crippen LogP contribution < -0.4 is 0 Å². The van der Waals surface area contributed by atoms with Gasteiger partial charge < -0.3 is 13.3 Å². The van der Waals surface area contributed by atoms with E-state index < -0.39 is 8.80 Å². The van der Waals surface area contributed by atoms with Crippen LogP contribution in [-0.4, -0.2) is 53.2 Å². The number of fused-ring (bicyclic) bond motifs is 6. The van der Waals surface area contributed by atoms with Crippen LogP contribution >= 0.6 is 0 Å². The molecule has 2 bridgehead atoms. The average Bonchev–Trinajstić information content (AvgIpc) is 2.40. The molecule has 4 nitrogen and oxygen atoms in total. The summed E-state index contributed by atoms with van der Waals surface area (Å²) in [5, 5.41) is 0. The Morgan fingerprint density at radius 3 is 2.15 bits per heavy atom. The molecule has 3 aliphatic heterocycles. The van der Waals surface area contributed by atoms with E-state index in [0.29, 0.717) is 19.8 Å². The van der Waals surface area contributed by atoms with Crippen molar-refractivity contribution in [2.45, 2.75) is 6.04 Å². The summed E-state index contributed by atoms with van der Waals surface area (Å²) in [5.41, 5.74) is 1.20. The van der Waals surface area contributed by atoms with Crippen LogP contribution in [0.3, 0.4) is 0 Å². The van der Waals surface area contributed by atoms with Gasteiger partial charge in [0.05, 0.1) is 19.8 Å². The lowest BCUT2D eigenvalue weighted by molar-refractivity contribution is -0.00639. The molecule has 4 rings (SSSR count). The van der Waals surface area contributed by atoms with E-state index in [9.17, 15) is 0 Å². The van der Waals surface area contributed by atoms with Crippen molar-refractivity contribution in [3.8, 4) is 0 Å². The van der Waals surface area contributed by atoms with Crippen molar-refractivity contribution < 1.29 is 13.3 Å². The van der Waals surface area contributed by atoms with Crippen molar-refractivity contribution in [3.63, 3.8) is 0 Å². The van der Waals surface area contributed by atoms with E-state index in [-0.39, 0.29) is 0 Å². The van der Waals surface area contributed by atoms with Gasteiger partial charge in [-0.1, -0.05) is 42.5 Å². The Labute approximate surface area is 121 Å². The SMILES string of the molecule is C(=C\c1ccccc1)/C[Si]12OCCN(CCO1)CCO2. The third-order valence-electron chi connectivity index (χ3n) is 3.67. The first kappa shape index (κ1) is 14.0. The quantitative estimate of drug-likeness (QED) is 0.797. The molecule has 108 valence electrons. The Bertz CT molecular complexity index is 425. The maximum Gasteiger partial charge on any atom is 0.505 e. The van der Waals surface area contributed by atoms with Crippen LogP contribution in [0.1, 0.15) is 5.56 Å². The van der Waals surface area contributed by atoms with Gasteiger partial charge in [0.1, 0.15) is 0 Å². The number of nitrogens with zero attached hydrogens (tertiary/aromatic N) is 1. The third-order valence-corrected chi connectivity index (χ3v) is 6.33. The minimum Gasteiger partial charge on any atom is -0.372 e. The summed E-state index contributed by atoms with van der Waals surface area (Å²) in [6.45, 7) is 5.11. The topological polar surface area (TPSA) is 30.9 Å². The summed E-state index contributed by atoms with van der Waals surface area (Å²) in [4.78, 5) is 2.33. The van der Waals surface area contributed by atoms with Gasteiger partial charge in [-0.05, 0) is 5.56 Å². The van der Waals surface area contributed by atoms with Crippen molar-refractivity contribution >= 4 is 14.9 Å². The fourth-order valence-electron chi connectivity index (χ4n) is 2.53. The van der Waals surface area contributed by atoms with Gasteiger partial charge in [-0.25, -0.2) is 0 Å². The zero-order valence-electron chi connectivity index (χ0n) is 11.7. The van der Waals surface area contributed by atoms with E-state index >= 15 is 0 Å². The molecule has 1 aromatic rings. The Morgan fingerprint density at radius 1 is 0.950 bits per heavy atom. The summed E-state index contributed by atoms with van der Waals surface area (Å²) >= 11 is 0. The highest BCUT2D eigenvalue weighted by Gasteiger charge is 2.42. The molecule has 3 aliphatic rings. The van der Waals surface area contributed by atoms with Crippen LogP contribution in [0, 0.1) is 0 Å². The van der Waals surface area contributed by atoms with Gasteiger partial charge in [-0.3, -0.25) is 4.90 Å². The first-order valence-electron chi connectivity index (χ1n) is 7.22. The van der Waals surface area contributed by atoms with Gasteiger partial charge in [0.25, 0.3) is 0 Å². The highest BCUT2D eigenvalue weighted by molar-refractivity contribution is 6.61. The van der Waals surface area contributed by atoms with Gasteiger partial charge in [0.15, 0.2) is 0 Å². The molecule has 0 N–H and O–H groups in total. The zero-order valence-corrected chi connectivity index (χ0v) is 12.7. The number of hydrogen-bond donors (Lipinski definition) is 0. The molecule has 0 spiro atoms. The fraction of sp³-hybridized carbons (Fsp3) is 0.467. The normalized spacial score (nSPS) is 30.9. The van der Waals surface area contributed by atoms with Gasteiger partial charge >= 0.3 is 8.80 Å². The number of hydrogen-bond acceptors (Lipinski definition) is 4. The summed E-state index contributed by atoms with van der Waals surface area (Å²) in [6, 6.07) is 11.0. The monoisotopic (exact) mass is 291 g/mol. The predicted octanol–water partition coefficient (Wildman–Crippen LogP) is 2.02. The van der Waals surface area contributed by atoms with Crippen LogP contribution in [0.5, 0.6) is 0 Å². The van der Waals surface area contributed by atoms with Crippen LogP contribution in [-0.2, 0) is 13.3 Å². The van der Waals surface area contributed by atoms with E-state index in [1.807, 2.05) is 18.2 Å². The molecular formula is C15H21NO3Si. The van der Waals surface area contributed by atoms with Crippen LogP contribution in [0.2, 0.25) is 6.04 Å². The van der Waals surface area contributed by atoms with Gasteiger partial charge in [0, 0.05) is 25.7 Å². The summed E-state index contributed by atoms with van der Waals surface area (Å²) < 4.78 is 17.9. The first-order valence-corrected chi connectivity index (χ1v) is 9.15. The molecule has 3 heterocycles. The Balaban J connectivity index is 1.65. The lowest BCUT2D eigenvalue weighted by Gasteiger charge is -2.37. The number of rotatable bonds is 3. The highest BCUT2D eigenvalue weighted by atomic mass is 28.4. The standard InChI is InChI=1S/C15H21NO3Si/c1-2-5-15(6-3-1)7-4-14-20-17-11-8-16(9-12-18-20)10-13-19-20/h1-7H,8-14H2/b7-4+. The fourth-order valence-corrected chi connectivity index (χ4v) is 4.75. The van der Waals surface area contributed by atoms with Crippen molar-refractivity contribution in [1.29, 1.82) is 0 Å². The Hall–Kier alpha value is -0.983. The van der Waals surface area contributed by atoms with E-state index in [1.54, 1.807) is 0 Å². The smallest absolute Gasteiger partial charge is 0.372 e. The molecule has 5 heteroatoms. The maximum absolute atomic E-state index is 5.98. The van der Waals surface area contributed by atoms with Crippen molar-refractivity contribution in [2.24, 2.45) is 0 Å². The average molecular weight is 291 g/mol. The number of benzene rings is 1. The second-order valence-electron chi connectivity index (χ2n) is 5.09. The maximum atomic E-state index is 5.98. The predicted molar refractivity (Wildman–Crippen MR) is 80.3 cm³/mol. The zero-order chi connectivity index (χ0) is 13.7. The van der Waals surface area contributed by atoms with Gasteiger partial charge in [-0.15, -0.1) is 0 Å². The van der Waals surface area contributed by atoms with E-state index in [4.69, 9.17) is 13.3 Å². The molecule has 20 heavy (non-hydrogen) atoms. The lowest BCUT2D eigenvalue weighted by Crippen LogP contribution is -2.54. The van der Waals surface area contributed by atoms with Crippen molar-refractivity contribution in [3.05, 3.63) is 42.0 Å². The molecule has 0 aromatic heterocycles. The molecule has 0 amide bonds. The van der Waals surface area contributed by atoms with Gasteiger partial charge in [0.2, 0.25) is 0 Å². The number of allylic oxidation sites excluding steroid dienone is 1. The first-order chi connectivity index (χ1) is 9.86. The van der Waals surface area contributed by atoms with E-state index in [2.05, 4.69) is 29.2 Å². The molecule has 0 atom stereocenters. The molecular weight excluding hydrogens is 270 g/mol. The highest BCUT2D eigenvalue weighted by Crippen LogP contribution is 2.21. The summed E-state index contributed by atoms with van der Waals surface area (Å²) in [6.07, 6.45) is 4.24. The molecule has 0 aliphatic carbocycles. The largest absolute Gasteiger partial charge is 0.505 e. The molecule has 3 saturated heterocycles. The van der Waals surface area contributed by atoms with Crippen molar-refractivity contribution in [2.75, 3.05) is 39.5 Å². The third kappa shape index (κ3) is 3.56. The molecule has 3 fully saturated rings. The Kier molecular flexibility index (Phi) is 4.64. The van der Waals surface area contributed by atoms with E-state index in [1.165, 1.54) is 5.56 Å². The second-order valence-corrected chi connectivity index (χ2v) is 7.73. The molecule has 0 saturated carbocycles. The summed E-state index contributed by atoms with van der Waals surface area (Å²) in [7, 11) is -2.49. The van der Waals surface area contributed by atoms with Gasteiger partial charge in [-0.2, -0.15) is 0 Å². The Morgan fingerprint density at radius 2 is 1.55 bits per heavy atom.